The van der Waals surface area contributed by atoms with E-state index in [1.165, 1.54) is 22.5 Å². The van der Waals surface area contributed by atoms with E-state index in [-0.39, 0.29) is 11.9 Å². The van der Waals surface area contributed by atoms with Crippen molar-refractivity contribution >= 4 is 38.8 Å². The van der Waals surface area contributed by atoms with E-state index in [0.717, 1.165) is 46.7 Å². The van der Waals surface area contributed by atoms with Gasteiger partial charge in [0.05, 0.1) is 5.69 Å². The van der Waals surface area contributed by atoms with Gasteiger partial charge in [-0.2, -0.15) is 0 Å². The van der Waals surface area contributed by atoms with E-state index in [4.69, 9.17) is 5.73 Å². The molecule has 0 radical (unpaired) electrons. The molecule has 29 heavy (non-hydrogen) atoms. The Labute approximate surface area is 175 Å². The van der Waals surface area contributed by atoms with Crippen LogP contribution >= 0.6 is 11.3 Å². The zero-order chi connectivity index (χ0) is 20.4. The number of nitrogens with two attached hydrogens (primary N) is 1. The molecule has 6 heteroatoms. The van der Waals surface area contributed by atoms with Crippen LogP contribution in [0.25, 0.3) is 10.2 Å². The molecule has 0 unspecified atom stereocenters. The molecule has 4 heterocycles. The normalized spacial score (nSPS) is 21.4. The SMILES string of the molecule is Cc1ccc2c(c1)[C@@H]1CN(C)CC[C@@H]1N2C(=O)c1sc2nc(C)cc(C)c2c1N. The van der Waals surface area contributed by atoms with E-state index in [1.807, 2.05) is 24.8 Å². The van der Waals surface area contributed by atoms with Gasteiger partial charge in [0.1, 0.15) is 9.71 Å². The number of likely N-dealkylation sites (tertiary alicyclic amines) is 1. The zero-order valence-electron chi connectivity index (χ0n) is 17.3. The number of aryl methyl sites for hydroxylation is 3. The molecule has 2 N–H and O–H groups in total. The highest BCUT2D eigenvalue weighted by molar-refractivity contribution is 7.21. The molecule has 2 atom stereocenters. The van der Waals surface area contributed by atoms with Crippen molar-refractivity contribution in [1.29, 1.82) is 0 Å². The largest absolute Gasteiger partial charge is 0.397 e. The maximum Gasteiger partial charge on any atom is 0.270 e. The van der Waals surface area contributed by atoms with Gasteiger partial charge in [-0.05, 0) is 64.0 Å². The minimum absolute atomic E-state index is 0.0182. The van der Waals surface area contributed by atoms with E-state index in [1.54, 1.807) is 0 Å². The fourth-order valence-corrected chi connectivity index (χ4v) is 6.24. The van der Waals surface area contributed by atoms with Crippen LogP contribution < -0.4 is 10.6 Å². The Kier molecular flexibility index (Phi) is 4.19. The lowest BCUT2D eigenvalue weighted by Gasteiger charge is -2.36. The zero-order valence-corrected chi connectivity index (χ0v) is 18.1. The second-order valence-electron chi connectivity index (χ2n) is 8.57. The second kappa shape index (κ2) is 6.54. The number of piperidine rings is 1. The topological polar surface area (TPSA) is 62.5 Å². The molecule has 1 aromatic carbocycles. The number of carbonyl (C=O) groups excluding carboxylic acids is 1. The molecule has 2 aliphatic rings. The molecule has 3 aromatic rings. The van der Waals surface area contributed by atoms with Crippen LogP contribution in [-0.2, 0) is 0 Å². The first-order chi connectivity index (χ1) is 13.8. The summed E-state index contributed by atoms with van der Waals surface area (Å²) in [7, 11) is 2.16. The van der Waals surface area contributed by atoms with Crippen molar-refractivity contribution in [3.63, 3.8) is 0 Å². The van der Waals surface area contributed by atoms with Crippen molar-refractivity contribution in [1.82, 2.24) is 9.88 Å². The Bertz CT molecular complexity index is 1150. The number of nitrogens with zero attached hydrogens (tertiary/aromatic N) is 3. The predicted octanol–water partition coefficient (Wildman–Crippen LogP) is 4.25. The number of rotatable bonds is 1. The number of hydrogen-bond donors (Lipinski definition) is 1. The summed E-state index contributed by atoms with van der Waals surface area (Å²) in [6.45, 7) is 8.11. The number of amides is 1. The quantitative estimate of drug-likeness (QED) is 0.656. The number of thiophene rings is 1. The van der Waals surface area contributed by atoms with Gasteiger partial charge in [0, 0.05) is 35.3 Å². The molecular formula is C23H26N4OS. The molecule has 0 saturated carbocycles. The van der Waals surface area contributed by atoms with Gasteiger partial charge < -0.3 is 15.5 Å². The molecule has 2 aromatic heterocycles. The molecule has 1 saturated heterocycles. The summed E-state index contributed by atoms with van der Waals surface area (Å²) >= 11 is 1.43. The van der Waals surface area contributed by atoms with Crippen molar-refractivity contribution in [3.8, 4) is 0 Å². The molecule has 5 nitrogen and oxygen atoms in total. The number of anilines is 2. The smallest absolute Gasteiger partial charge is 0.270 e. The van der Waals surface area contributed by atoms with Gasteiger partial charge in [-0.25, -0.2) is 4.98 Å². The maximum absolute atomic E-state index is 13.8. The average Bonchev–Trinajstić information content (AvgIpc) is 3.16. The standard InChI is InChI=1S/C23H26N4OS/c1-12-5-6-17-15(9-12)16-11-26(4)8-7-18(16)27(17)23(28)21-20(24)19-13(2)10-14(3)25-22(19)29-21/h5-6,9-10,16,18H,7-8,11,24H2,1-4H3/t16-,18-/m0/s1. The number of benzene rings is 1. The summed E-state index contributed by atoms with van der Waals surface area (Å²) in [5.41, 5.74) is 12.7. The Morgan fingerprint density at radius 2 is 2.03 bits per heavy atom. The number of hydrogen-bond acceptors (Lipinski definition) is 5. The number of likely N-dealkylation sites (N-methyl/N-ethyl adjacent to an activating group) is 1. The van der Waals surface area contributed by atoms with E-state index in [2.05, 4.69) is 42.1 Å². The van der Waals surface area contributed by atoms with Crippen molar-refractivity contribution in [2.75, 3.05) is 30.8 Å². The second-order valence-corrected chi connectivity index (χ2v) is 9.57. The third-order valence-corrected chi connectivity index (χ3v) is 7.48. The fourth-order valence-electron chi connectivity index (χ4n) is 5.08. The number of carbonyl (C=O) groups is 1. The monoisotopic (exact) mass is 406 g/mol. The molecule has 150 valence electrons. The van der Waals surface area contributed by atoms with Gasteiger partial charge in [0.15, 0.2) is 0 Å². The lowest BCUT2D eigenvalue weighted by atomic mass is 9.89. The van der Waals surface area contributed by atoms with Crippen LogP contribution in [0.15, 0.2) is 24.3 Å². The third kappa shape index (κ3) is 2.77. The first kappa shape index (κ1) is 18.6. The lowest BCUT2D eigenvalue weighted by Crippen LogP contribution is -2.47. The highest BCUT2D eigenvalue weighted by Crippen LogP contribution is 2.47. The molecule has 0 spiro atoms. The van der Waals surface area contributed by atoms with Crippen LogP contribution in [-0.4, -0.2) is 42.0 Å². The Morgan fingerprint density at radius 3 is 2.83 bits per heavy atom. The minimum atomic E-state index is 0.0182. The molecule has 1 fully saturated rings. The Hall–Kier alpha value is -2.44. The number of pyridine rings is 1. The number of nitrogen functional groups attached to an aromatic ring is 1. The van der Waals surface area contributed by atoms with Crippen LogP contribution in [0, 0.1) is 20.8 Å². The molecule has 0 aliphatic carbocycles. The Balaban J connectivity index is 1.64. The average molecular weight is 407 g/mol. The maximum atomic E-state index is 13.8. The van der Waals surface area contributed by atoms with E-state index in [9.17, 15) is 4.79 Å². The molecule has 2 aliphatic heterocycles. The third-order valence-electron chi connectivity index (χ3n) is 6.39. The van der Waals surface area contributed by atoms with Crippen molar-refractivity contribution in [3.05, 3.63) is 51.5 Å². The molecule has 0 bridgehead atoms. The number of fused-ring (bicyclic) bond motifs is 4. The van der Waals surface area contributed by atoms with Gasteiger partial charge in [-0.3, -0.25) is 4.79 Å². The van der Waals surface area contributed by atoms with Crippen LogP contribution in [0.3, 0.4) is 0 Å². The predicted molar refractivity (Wildman–Crippen MR) is 120 cm³/mol. The highest BCUT2D eigenvalue weighted by atomic mass is 32.1. The highest BCUT2D eigenvalue weighted by Gasteiger charge is 2.44. The fraction of sp³-hybridized carbons (Fsp3) is 0.391. The summed E-state index contributed by atoms with van der Waals surface area (Å²) in [5, 5.41) is 0.923. The van der Waals surface area contributed by atoms with Crippen molar-refractivity contribution in [2.45, 2.75) is 39.2 Å². The summed E-state index contributed by atoms with van der Waals surface area (Å²) < 4.78 is 0. The van der Waals surface area contributed by atoms with Gasteiger partial charge in [-0.1, -0.05) is 17.7 Å². The summed E-state index contributed by atoms with van der Waals surface area (Å²) in [6.07, 6.45) is 0.974. The number of aromatic nitrogens is 1. The molecule has 5 rings (SSSR count). The van der Waals surface area contributed by atoms with E-state index >= 15 is 0 Å². The molecular weight excluding hydrogens is 380 g/mol. The van der Waals surface area contributed by atoms with E-state index in [0.29, 0.717) is 16.5 Å². The van der Waals surface area contributed by atoms with Gasteiger partial charge in [0.2, 0.25) is 0 Å². The Morgan fingerprint density at radius 1 is 1.24 bits per heavy atom. The van der Waals surface area contributed by atoms with Crippen LogP contribution in [0.1, 0.15) is 44.4 Å². The van der Waals surface area contributed by atoms with Crippen molar-refractivity contribution in [2.24, 2.45) is 0 Å². The first-order valence-corrected chi connectivity index (χ1v) is 11.0. The lowest BCUT2D eigenvalue weighted by molar-refractivity contribution is 0.0969. The summed E-state index contributed by atoms with van der Waals surface area (Å²) in [4.78, 5) is 24.3. The van der Waals surface area contributed by atoms with Crippen molar-refractivity contribution < 1.29 is 4.79 Å². The van der Waals surface area contributed by atoms with Gasteiger partial charge in [-0.15, -0.1) is 11.3 Å². The van der Waals surface area contributed by atoms with Crippen LogP contribution in [0.4, 0.5) is 11.4 Å². The first-order valence-electron chi connectivity index (χ1n) is 10.1. The molecule has 1 amide bonds. The van der Waals surface area contributed by atoms with Gasteiger partial charge >= 0.3 is 0 Å². The van der Waals surface area contributed by atoms with Crippen LogP contribution in [0.5, 0.6) is 0 Å². The van der Waals surface area contributed by atoms with E-state index < -0.39 is 0 Å². The van der Waals surface area contributed by atoms with Gasteiger partial charge in [0.25, 0.3) is 5.91 Å². The summed E-state index contributed by atoms with van der Waals surface area (Å²) in [6, 6.07) is 8.68. The summed E-state index contributed by atoms with van der Waals surface area (Å²) in [5.74, 6) is 0.370. The van der Waals surface area contributed by atoms with Crippen LogP contribution in [0.2, 0.25) is 0 Å². The minimum Gasteiger partial charge on any atom is -0.397 e.